The Kier molecular flexibility index (Phi) is 8.10. The zero-order valence-electron chi connectivity index (χ0n) is 15.2. The number of thioether (sulfide) groups is 1. The molecule has 24 heavy (non-hydrogen) atoms. The molecule has 1 aliphatic rings. The average Bonchev–Trinajstić information content (AvgIpc) is 2.52. The molecule has 0 bridgehead atoms. The molecule has 1 saturated heterocycles. The van der Waals surface area contributed by atoms with Gasteiger partial charge in [-0.25, -0.2) is 0 Å². The number of hydrogen-bond donors (Lipinski definition) is 1. The third-order valence-electron chi connectivity index (χ3n) is 4.64. The zero-order valence-corrected chi connectivity index (χ0v) is 16.9. The van der Waals surface area contributed by atoms with Gasteiger partial charge in [0.1, 0.15) is 0 Å². The smallest absolute Gasteiger partial charge is 0.232 e. The summed E-state index contributed by atoms with van der Waals surface area (Å²) in [6, 6.07) is 8.75. The fourth-order valence-corrected chi connectivity index (χ4v) is 3.75. The molecule has 0 saturated carbocycles. The molecule has 0 radical (unpaired) electrons. The minimum Gasteiger partial charge on any atom is -0.342 e. The van der Waals surface area contributed by atoms with Crippen LogP contribution in [0.4, 0.5) is 0 Å². The Hall–Kier alpha value is -0.710. The summed E-state index contributed by atoms with van der Waals surface area (Å²) in [7, 11) is 0. The number of benzene rings is 1. The molecule has 2 N–H and O–H groups in total. The van der Waals surface area contributed by atoms with E-state index in [0.29, 0.717) is 11.7 Å². The van der Waals surface area contributed by atoms with Crippen LogP contribution >= 0.6 is 24.2 Å². The highest BCUT2D eigenvalue weighted by molar-refractivity contribution is 8.00. The lowest BCUT2D eigenvalue weighted by molar-refractivity contribution is -0.130. The maximum atomic E-state index is 12.4. The first kappa shape index (κ1) is 21.3. The Bertz CT molecular complexity index is 525. The number of carbonyl (C=O) groups is 1. The van der Waals surface area contributed by atoms with Gasteiger partial charge in [-0.1, -0.05) is 32.9 Å². The molecule has 0 spiro atoms. The van der Waals surface area contributed by atoms with E-state index in [1.54, 1.807) is 11.8 Å². The van der Waals surface area contributed by atoms with Crippen molar-refractivity contribution in [1.29, 1.82) is 0 Å². The number of piperidine rings is 1. The van der Waals surface area contributed by atoms with Gasteiger partial charge in [0.25, 0.3) is 0 Å². The Morgan fingerprint density at radius 1 is 1.33 bits per heavy atom. The topological polar surface area (TPSA) is 46.3 Å². The van der Waals surface area contributed by atoms with Crippen LogP contribution in [-0.2, 0) is 10.2 Å². The van der Waals surface area contributed by atoms with Crippen LogP contribution in [0.5, 0.6) is 0 Å². The fraction of sp³-hybridized carbons (Fsp3) is 0.632. The summed E-state index contributed by atoms with van der Waals surface area (Å²) < 4.78 is 0. The third-order valence-corrected chi connectivity index (χ3v) is 5.63. The molecule has 136 valence electrons. The van der Waals surface area contributed by atoms with Gasteiger partial charge in [0.15, 0.2) is 0 Å². The summed E-state index contributed by atoms with van der Waals surface area (Å²) in [5.74, 6) is 1.20. The van der Waals surface area contributed by atoms with E-state index in [0.717, 1.165) is 30.8 Å². The molecule has 1 aromatic rings. The van der Waals surface area contributed by atoms with E-state index >= 15 is 0 Å². The monoisotopic (exact) mass is 370 g/mol. The standard InChI is InChI=1S/C19H30N2OS.ClH/c1-14(20)15-6-5-11-21(12-15)18(22)13-23-17-9-7-16(8-10-17)19(2,3)4;/h7-10,14-15H,5-6,11-13,20H2,1-4H3;1H. The highest BCUT2D eigenvalue weighted by Crippen LogP contribution is 2.26. The normalized spacial score (nSPS) is 19.5. The minimum atomic E-state index is 0. The molecule has 3 nitrogen and oxygen atoms in total. The number of halogens is 1. The Morgan fingerprint density at radius 2 is 1.96 bits per heavy atom. The van der Waals surface area contributed by atoms with Crippen LogP contribution < -0.4 is 5.73 Å². The summed E-state index contributed by atoms with van der Waals surface area (Å²) in [6.45, 7) is 10.4. The van der Waals surface area contributed by atoms with Crippen molar-refractivity contribution in [3.05, 3.63) is 29.8 Å². The first-order valence-electron chi connectivity index (χ1n) is 8.54. The number of nitrogens with zero attached hydrogens (tertiary/aromatic N) is 1. The maximum Gasteiger partial charge on any atom is 0.232 e. The minimum absolute atomic E-state index is 0. The molecule has 0 aromatic heterocycles. The molecule has 1 heterocycles. The van der Waals surface area contributed by atoms with Gasteiger partial charge in [0.2, 0.25) is 5.91 Å². The molecule has 2 atom stereocenters. The SMILES string of the molecule is CC(N)C1CCCN(C(=O)CSc2ccc(C(C)(C)C)cc2)C1.Cl. The Balaban J connectivity index is 0.00000288. The fourth-order valence-electron chi connectivity index (χ4n) is 2.95. The molecular formula is C19H31ClN2OS. The van der Waals surface area contributed by atoms with Crippen LogP contribution in [0.1, 0.15) is 46.1 Å². The second-order valence-corrected chi connectivity index (χ2v) is 8.71. The molecule has 5 heteroatoms. The number of hydrogen-bond acceptors (Lipinski definition) is 3. The summed E-state index contributed by atoms with van der Waals surface area (Å²) in [4.78, 5) is 15.6. The van der Waals surface area contributed by atoms with Crippen LogP contribution in [-0.4, -0.2) is 35.7 Å². The predicted octanol–water partition coefficient (Wildman–Crippen LogP) is 4.08. The number of nitrogens with two attached hydrogens (primary N) is 1. The summed E-state index contributed by atoms with van der Waals surface area (Å²) >= 11 is 1.63. The van der Waals surface area contributed by atoms with Gasteiger partial charge in [-0.2, -0.15) is 0 Å². The van der Waals surface area contributed by atoms with Gasteiger partial charge < -0.3 is 10.6 Å². The lowest BCUT2D eigenvalue weighted by Crippen LogP contribution is -2.45. The van der Waals surface area contributed by atoms with Crippen molar-refractivity contribution in [2.45, 2.75) is 56.9 Å². The molecule has 2 rings (SSSR count). The van der Waals surface area contributed by atoms with Crippen molar-refractivity contribution in [3.63, 3.8) is 0 Å². The average molecular weight is 371 g/mol. The molecular weight excluding hydrogens is 340 g/mol. The first-order chi connectivity index (χ1) is 10.8. The number of carbonyl (C=O) groups excluding carboxylic acids is 1. The summed E-state index contributed by atoms with van der Waals surface area (Å²) in [5.41, 5.74) is 7.49. The summed E-state index contributed by atoms with van der Waals surface area (Å²) in [6.07, 6.45) is 2.21. The number of likely N-dealkylation sites (tertiary alicyclic amines) is 1. The zero-order chi connectivity index (χ0) is 17.0. The van der Waals surface area contributed by atoms with Gasteiger partial charge >= 0.3 is 0 Å². The predicted molar refractivity (Wildman–Crippen MR) is 106 cm³/mol. The van der Waals surface area contributed by atoms with E-state index in [2.05, 4.69) is 45.0 Å². The van der Waals surface area contributed by atoms with Crippen molar-refractivity contribution >= 4 is 30.1 Å². The van der Waals surface area contributed by atoms with Crippen molar-refractivity contribution < 1.29 is 4.79 Å². The molecule has 1 fully saturated rings. The van der Waals surface area contributed by atoms with E-state index in [4.69, 9.17) is 5.73 Å². The molecule has 1 amide bonds. The van der Waals surface area contributed by atoms with Crippen molar-refractivity contribution in [3.8, 4) is 0 Å². The van der Waals surface area contributed by atoms with Crippen LogP contribution in [0.15, 0.2) is 29.2 Å². The van der Waals surface area contributed by atoms with Gasteiger partial charge in [-0.05, 0) is 48.8 Å². The van der Waals surface area contributed by atoms with Gasteiger partial charge in [0.05, 0.1) is 5.75 Å². The van der Waals surface area contributed by atoms with Crippen LogP contribution in [0.2, 0.25) is 0 Å². The molecule has 0 aliphatic carbocycles. The second-order valence-electron chi connectivity index (χ2n) is 7.66. The van der Waals surface area contributed by atoms with Crippen LogP contribution in [0, 0.1) is 5.92 Å². The molecule has 1 aromatic carbocycles. The molecule has 2 unspecified atom stereocenters. The van der Waals surface area contributed by atoms with Crippen molar-refractivity contribution in [2.75, 3.05) is 18.8 Å². The van der Waals surface area contributed by atoms with E-state index in [1.807, 2.05) is 11.8 Å². The van der Waals surface area contributed by atoms with E-state index in [9.17, 15) is 4.79 Å². The lowest BCUT2D eigenvalue weighted by Gasteiger charge is -2.34. The van der Waals surface area contributed by atoms with E-state index < -0.39 is 0 Å². The quantitative estimate of drug-likeness (QED) is 0.812. The van der Waals surface area contributed by atoms with Gasteiger partial charge in [-0.3, -0.25) is 4.79 Å². The third kappa shape index (κ3) is 5.98. The van der Waals surface area contributed by atoms with Crippen LogP contribution in [0.3, 0.4) is 0 Å². The lowest BCUT2D eigenvalue weighted by atomic mass is 9.87. The second kappa shape index (κ2) is 9.12. The summed E-state index contributed by atoms with van der Waals surface area (Å²) in [5, 5.41) is 0. The Labute approximate surface area is 157 Å². The Morgan fingerprint density at radius 3 is 2.50 bits per heavy atom. The van der Waals surface area contributed by atoms with Crippen LogP contribution in [0.25, 0.3) is 0 Å². The van der Waals surface area contributed by atoms with Crippen molar-refractivity contribution in [2.24, 2.45) is 11.7 Å². The van der Waals surface area contributed by atoms with Gasteiger partial charge in [0, 0.05) is 24.0 Å². The molecule has 1 aliphatic heterocycles. The maximum absolute atomic E-state index is 12.4. The largest absolute Gasteiger partial charge is 0.342 e. The first-order valence-corrected chi connectivity index (χ1v) is 9.52. The van der Waals surface area contributed by atoms with Gasteiger partial charge in [-0.15, -0.1) is 24.2 Å². The van der Waals surface area contributed by atoms with E-state index in [-0.39, 0.29) is 29.8 Å². The van der Waals surface area contributed by atoms with E-state index in [1.165, 1.54) is 5.56 Å². The number of rotatable bonds is 4. The number of amides is 1. The highest BCUT2D eigenvalue weighted by Gasteiger charge is 2.25. The van der Waals surface area contributed by atoms with Crippen molar-refractivity contribution in [1.82, 2.24) is 4.90 Å². The highest BCUT2D eigenvalue weighted by atomic mass is 35.5.